The van der Waals surface area contributed by atoms with E-state index >= 15 is 0 Å². The highest BCUT2D eigenvalue weighted by molar-refractivity contribution is 5.43. The maximum Gasteiger partial charge on any atom is 0.184 e. The smallest absolute Gasteiger partial charge is 0.184 e. The summed E-state index contributed by atoms with van der Waals surface area (Å²) in [4.78, 5) is 4.26. The molecule has 2 rings (SSSR count). The molecule has 0 radical (unpaired) electrons. The maximum atomic E-state index is 9.01. The molecule has 0 aliphatic heterocycles. The SMILES string of the molecule is CCC(C#N)Oc1cccc(CNc2ccc(C)c(C#N)n2)c1. The fraction of sp³-hybridized carbons (Fsp3) is 0.278. The highest BCUT2D eigenvalue weighted by Crippen LogP contribution is 2.17. The summed E-state index contributed by atoms with van der Waals surface area (Å²) in [6.07, 6.45) is 0.207. The van der Waals surface area contributed by atoms with E-state index in [2.05, 4.69) is 22.4 Å². The zero-order chi connectivity index (χ0) is 16.7. The monoisotopic (exact) mass is 306 g/mol. The second-order valence-electron chi connectivity index (χ2n) is 5.12. The lowest BCUT2D eigenvalue weighted by Crippen LogP contribution is -2.12. The molecule has 2 aromatic rings. The first-order chi connectivity index (χ1) is 11.2. The lowest BCUT2D eigenvalue weighted by atomic mass is 10.2. The first kappa shape index (κ1) is 16.3. The zero-order valence-electron chi connectivity index (χ0n) is 13.2. The van der Waals surface area contributed by atoms with Gasteiger partial charge in [-0.25, -0.2) is 4.98 Å². The molecule has 5 nitrogen and oxygen atoms in total. The van der Waals surface area contributed by atoms with Crippen LogP contribution in [0.3, 0.4) is 0 Å². The van der Waals surface area contributed by atoms with Crippen LogP contribution in [0.2, 0.25) is 0 Å². The van der Waals surface area contributed by atoms with Crippen molar-refractivity contribution >= 4 is 5.82 Å². The molecule has 0 amide bonds. The number of ether oxygens (including phenoxy) is 1. The molecule has 0 aliphatic rings. The minimum absolute atomic E-state index is 0.423. The molecule has 0 spiro atoms. The number of anilines is 1. The number of pyridine rings is 1. The van der Waals surface area contributed by atoms with Gasteiger partial charge < -0.3 is 10.1 Å². The van der Waals surface area contributed by atoms with Gasteiger partial charge in [0.1, 0.15) is 29.4 Å². The van der Waals surface area contributed by atoms with Crippen LogP contribution >= 0.6 is 0 Å². The normalized spacial score (nSPS) is 11.1. The summed E-state index contributed by atoms with van der Waals surface area (Å²) in [6, 6.07) is 15.5. The summed E-state index contributed by atoms with van der Waals surface area (Å²) in [5.74, 6) is 1.33. The number of nitrogens with zero attached hydrogens (tertiary/aromatic N) is 3. The van der Waals surface area contributed by atoms with E-state index in [0.29, 0.717) is 30.2 Å². The van der Waals surface area contributed by atoms with E-state index in [0.717, 1.165) is 11.1 Å². The summed E-state index contributed by atoms with van der Waals surface area (Å²) >= 11 is 0. The van der Waals surface area contributed by atoms with Gasteiger partial charge in [0.25, 0.3) is 0 Å². The van der Waals surface area contributed by atoms with Crippen molar-refractivity contribution < 1.29 is 4.74 Å². The average Bonchev–Trinajstić information content (AvgIpc) is 2.59. The van der Waals surface area contributed by atoms with Crippen molar-refractivity contribution in [3.63, 3.8) is 0 Å². The van der Waals surface area contributed by atoms with Crippen LogP contribution in [0.1, 0.15) is 30.2 Å². The van der Waals surface area contributed by atoms with Gasteiger partial charge in [0.2, 0.25) is 0 Å². The molecular formula is C18H18N4O. The molecule has 1 aromatic heterocycles. The summed E-state index contributed by atoms with van der Waals surface area (Å²) in [5.41, 5.74) is 2.29. The number of rotatable bonds is 6. The topological polar surface area (TPSA) is 81.7 Å². The Hall–Kier alpha value is -3.05. The lowest BCUT2D eigenvalue weighted by molar-refractivity contribution is 0.251. The van der Waals surface area contributed by atoms with E-state index in [4.69, 9.17) is 15.3 Å². The third-order valence-corrected chi connectivity index (χ3v) is 3.37. The van der Waals surface area contributed by atoms with Crippen molar-refractivity contribution in [2.75, 3.05) is 5.32 Å². The van der Waals surface area contributed by atoms with E-state index in [1.54, 1.807) is 0 Å². The van der Waals surface area contributed by atoms with Gasteiger partial charge in [-0.05, 0) is 42.7 Å². The van der Waals surface area contributed by atoms with Gasteiger partial charge in [-0.15, -0.1) is 0 Å². The number of nitrogens with one attached hydrogen (secondary N) is 1. The van der Waals surface area contributed by atoms with Crippen molar-refractivity contribution in [3.05, 3.63) is 53.2 Å². The Morgan fingerprint density at radius 1 is 1.26 bits per heavy atom. The van der Waals surface area contributed by atoms with Gasteiger partial charge in [0.15, 0.2) is 6.10 Å². The van der Waals surface area contributed by atoms with Gasteiger partial charge in [0.05, 0.1) is 0 Å². The molecule has 0 fully saturated rings. The summed E-state index contributed by atoms with van der Waals surface area (Å²) < 4.78 is 5.61. The lowest BCUT2D eigenvalue weighted by Gasteiger charge is -2.12. The first-order valence-corrected chi connectivity index (χ1v) is 7.43. The van der Waals surface area contributed by atoms with E-state index in [1.165, 1.54) is 0 Å². The largest absolute Gasteiger partial charge is 0.476 e. The van der Waals surface area contributed by atoms with E-state index in [-0.39, 0.29) is 0 Å². The Bertz CT molecular complexity index is 758. The number of nitriles is 2. The predicted octanol–water partition coefficient (Wildman–Crippen LogP) is 3.55. The summed E-state index contributed by atoms with van der Waals surface area (Å²) in [7, 11) is 0. The quantitative estimate of drug-likeness (QED) is 0.882. The van der Waals surface area contributed by atoms with Crippen molar-refractivity contribution in [1.29, 1.82) is 10.5 Å². The molecule has 1 heterocycles. The third kappa shape index (κ3) is 4.46. The molecule has 1 N–H and O–H groups in total. The van der Waals surface area contributed by atoms with Crippen LogP contribution in [-0.2, 0) is 6.54 Å². The van der Waals surface area contributed by atoms with E-state index in [9.17, 15) is 0 Å². The van der Waals surface area contributed by atoms with Crippen LogP contribution in [0, 0.1) is 29.6 Å². The first-order valence-electron chi connectivity index (χ1n) is 7.43. The van der Waals surface area contributed by atoms with Crippen LogP contribution in [0.25, 0.3) is 0 Å². The fourth-order valence-electron chi connectivity index (χ4n) is 2.03. The Labute approximate surface area is 136 Å². The van der Waals surface area contributed by atoms with Crippen LogP contribution in [0.15, 0.2) is 36.4 Å². The minimum atomic E-state index is -0.435. The Morgan fingerprint density at radius 3 is 2.78 bits per heavy atom. The number of benzene rings is 1. The van der Waals surface area contributed by atoms with Crippen molar-refractivity contribution in [1.82, 2.24) is 4.98 Å². The van der Waals surface area contributed by atoms with Crippen molar-refractivity contribution in [3.8, 4) is 17.9 Å². The third-order valence-electron chi connectivity index (χ3n) is 3.37. The van der Waals surface area contributed by atoms with Crippen molar-refractivity contribution in [2.45, 2.75) is 32.9 Å². The molecule has 116 valence electrons. The zero-order valence-corrected chi connectivity index (χ0v) is 13.2. The second kappa shape index (κ2) is 7.82. The molecule has 23 heavy (non-hydrogen) atoms. The molecular weight excluding hydrogens is 288 g/mol. The summed E-state index contributed by atoms with van der Waals surface area (Å²) in [5, 5.41) is 21.2. The van der Waals surface area contributed by atoms with Crippen LogP contribution in [-0.4, -0.2) is 11.1 Å². The predicted molar refractivity (Wildman–Crippen MR) is 87.8 cm³/mol. The van der Waals surface area contributed by atoms with Gasteiger partial charge in [-0.3, -0.25) is 0 Å². The number of aromatic nitrogens is 1. The highest BCUT2D eigenvalue weighted by Gasteiger charge is 2.07. The number of hydrogen-bond donors (Lipinski definition) is 1. The molecule has 1 unspecified atom stereocenters. The van der Waals surface area contributed by atoms with Gasteiger partial charge in [0, 0.05) is 6.54 Å². The van der Waals surface area contributed by atoms with Gasteiger partial charge >= 0.3 is 0 Å². The van der Waals surface area contributed by atoms with E-state index in [1.807, 2.05) is 50.2 Å². The molecule has 1 atom stereocenters. The van der Waals surface area contributed by atoms with Crippen LogP contribution < -0.4 is 10.1 Å². The molecule has 0 saturated carbocycles. The Morgan fingerprint density at radius 2 is 2.09 bits per heavy atom. The molecule has 1 aromatic carbocycles. The standard InChI is InChI=1S/C18H18N4O/c1-3-15(10-19)23-16-6-4-5-14(9-16)12-21-18-8-7-13(2)17(11-20)22-18/h4-9,15H,3,12H2,1-2H3,(H,21,22). The highest BCUT2D eigenvalue weighted by atomic mass is 16.5. The van der Waals surface area contributed by atoms with Gasteiger partial charge in [-0.2, -0.15) is 10.5 Å². The Kier molecular flexibility index (Phi) is 5.55. The second-order valence-corrected chi connectivity index (χ2v) is 5.12. The molecule has 0 bridgehead atoms. The minimum Gasteiger partial charge on any atom is -0.476 e. The summed E-state index contributed by atoms with van der Waals surface area (Å²) in [6.45, 7) is 4.33. The Balaban J connectivity index is 2.04. The van der Waals surface area contributed by atoms with Gasteiger partial charge in [-0.1, -0.05) is 25.1 Å². The number of aryl methyl sites for hydroxylation is 1. The molecule has 0 saturated heterocycles. The van der Waals surface area contributed by atoms with Crippen LogP contribution in [0.4, 0.5) is 5.82 Å². The van der Waals surface area contributed by atoms with E-state index < -0.39 is 6.10 Å². The van der Waals surface area contributed by atoms with Crippen molar-refractivity contribution in [2.24, 2.45) is 0 Å². The molecule has 5 heteroatoms. The maximum absolute atomic E-state index is 9.01. The fourth-order valence-corrected chi connectivity index (χ4v) is 2.03. The van der Waals surface area contributed by atoms with Crippen LogP contribution in [0.5, 0.6) is 5.75 Å². The molecule has 0 aliphatic carbocycles. The average molecular weight is 306 g/mol. The number of hydrogen-bond acceptors (Lipinski definition) is 5.